The molecule has 1 aromatic rings. The molecule has 8 heteroatoms. The highest BCUT2D eigenvalue weighted by Crippen LogP contribution is 2.38. The maximum absolute atomic E-state index is 12.7. The summed E-state index contributed by atoms with van der Waals surface area (Å²) in [6.45, 7) is 0. The Morgan fingerprint density at radius 1 is 1.16 bits per heavy atom. The first-order valence-electron chi connectivity index (χ1n) is 8.35. The van der Waals surface area contributed by atoms with E-state index in [4.69, 9.17) is 9.47 Å². The Kier molecular flexibility index (Phi) is 4.92. The summed E-state index contributed by atoms with van der Waals surface area (Å²) in [5.41, 5.74) is 0.416. The van der Waals surface area contributed by atoms with Gasteiger partial charge in [0.05, 0.1) is 26.0 Å². The molecule has 2 atom stereocenters. The van der Waals surface area contributed by atoms with Crippen LogP contribution in [-0.4, -0.2) is 57.2 Å². The van der Waals surface area contributed by atoms with Crippen LogP contribution in [0, 0.1) is 0 Å². The van der Waals surface area contributed by atoms with E-state index in [9.17, 15) is 13.2 Å². The third kappa shape index (κ3) is 3.46. The average molecular weight is 368 g/mol. The van der Waals surface area contributed by atoms with E-state index in [1.54, 1.807) is 22.5 Å². The van der Waals surface area contributed by atoms with Crippen LogP contribution in [0.1, 0.15) is 36.0 Å². The molecular weight excluding hydrogens is 344 g/mol. The van der Waals surface area contributed by atoms with Gasteiger partial charge in [0, 0.05) is 18.1 Å². The van der Waals surface area contributed by atoms with E-state index in [0.29, 0.717) is 29.9 Å². The van der Waals surface area contributed by atoms with E-state index >= 15 is 0 Å². The van der Waals surface area contributed by atoms with Gasteiger partial charge in [-0.25, -0.2) is 8.42 Å². The van der Waals surface area contributed by atoms with Crippen molar-refractivity contribution in [2.75, 3.05) is 20.5 Å². The summed E-state index contributed by atoms with van der Waals surface area (Å²) in [5.74, 6) is 0.675. The minimum atomic E-state index is -3.20. The van der Waals surface area contributed by atoms with Gasteiger partial charge in [-0.1, -0.05) is 6.07 Å². The smallest absolute Gasteiger partial charge is 0.255 e. The Balaban J connectivity index is 1.74. The lowest BCUT2D eigenvalue weighted by Gasteiger charge is -2.37. The minimum absolute atomic E-state index is 0.0220. The van der Waals surface area contributed by atoms with Crippen molar-refractivity contribution >= 4 is 15.9 Å². The van der Waals surface area contributed by atoms with Crippen molar-refractivity contribution < 1.29 is 22.7 Å². The van der Waals surface area contributed by atoms with Crippen molar-refractivity contribution in [2.45, 2.75) is 43.8 Å². The number of piperidine rings is 1. The summed E-state index contributed by atoms with van der Waals surface area (Å²) in [6, 6.07) is 5.08. The first kappa shape index (κ1) is 18.0. The third-order valence-electron chi connectivity index (χ3n) is 5.03. The second-order valence-electron chi connectivity index (χ2n) is 6.66. The maximum Gasteiger partial charge on any atom is 0.255 e. The number of nitrogens with one attached hydrogen (secondary N) is 1. The molecule has 1 amide bonds. The van der Waals surface area contributed by atoms with Gasteiger partial charge < -0.3 is 14.8 Å². The normalized spacial score (nSPS) is 26.3. The molecule has 1 N–H and O–H groups in total. The third-order valence-corrected chi connectivity index (χ3v) is 6.39. The number of fused-ring (bicyclic) bond motifs is 2. The lowest BCUT2D eigenvalue weighted by molar-refractivity contribution is 0.0906. The molecule has 1 aromatic carbocycles. The molecule has 2 saturated heterocycles. The number of rotatable bonds is 5. The molecule has 2 unspecified atom stereocenters. The quantitative estimate of drug-likeness (QED) is 0.849. The van der Waals surface area contributed by atoms with Crippen LogP contribution in [0.15, 0.2) is 18.2 Å². The highest BCUT2D eigenvalue weighted by molar-refractivity contribution is 7.88. The molecule has 2 heterocycles. The zero-order valence-corrected chi connectivity index (χ0v) is 15.5. The molecule has 0 aromatic heterocycles. The highest BCUT2D eigenvalue weighted by atomic mass is 32.2. The fourth-order valence-corrected chi connectivity index (χ4v) is 5.59. The van der Waals surface area contributed by atoms with E-state index < -0.39 is 10.0 Å². The van der Waals surface area contributed by atoms with Crippen molar-refractivity contribution in [2.24, 2.45) is 0 Å². The summed E-state index contributed by atoms with van der Waals surface area (Å²) in [6.07, 6.45) is 4.25. The van der Waals surface area contributed by atoms with Crippen LogP contribution in [-0.2, 0) is 10.0 Å². The Morgan fingerprint density at radius 2 is 1.80 bits per heavy atom. The van der Waals surface area contributed by atoms with Crippen molar-refractivity contribution in [1.29, 1.82) is 0 Å². The number of nitrogens with zero attached hydrogens (tertiary/aromatic N) is 1. The van der Waals surface area contributed by atoms with Crippen LogP contribution in [0.3, 0.4) is 0 Å². The van der Waals surface area contributed by atoms with Gasteiger partial charge in [-0.2, -0.15) is 4.31 Å². The first-order valence-corrected chi connectivity index (χ1v) is 10.2. The number of benzene rings is 1. The lowest BCUT2D eigenvalue weighted by atomic mass is 9.99. The molecule has 2 fully saturated rings. The fraction of sp³-hybridized carbons (Fsp3) is 0.588. The number of methoxy groups -OCH3 is 2. The van der Waals surface area contributed by atoms with E-state index in [2.05, 4.69) is 5.32 Å². The molecular formula is C17H24N2O5S. The van der Waals surface area contributed by atoms with Crippen LogP contribution < -0.4 is 14.8 Å². The van der Waals surface area contributed by atoms with Gasteiger partial charge in [-0.15, -0.1) is 0 Å². The van der Waals surface area contributed by atoms with E-state index in [-0.39, 0.29) is 24.0 Å². The van der Waals surface area contributed by atoms with Crippen molar-refractivity contribution in [1.82, 2.24) is 9.62 Å². The molecule has 7 nitrogen and oxygen atoms in total. The highest BCUT2D eigenvalue weighted by Gasteiger charge is 2.45. The fourth-order valence-electron chi connectivity index (χ4n) is 4.12. The van der Waals surface area contributed by atoms with Gasteiger partial charge >= 0.3 is 0 Å². The largest absolute Gasteiger partial charge is 0.493 e. The molecule has 2 aliphatic heterocycles. The molecule has 0 saturated carbocycles. The van der Waals surface area contributed by atoms with Crippen LogP contribution in [0.2, 0.25) is 0 Å². The van der Waals surface area contributed by atoms with Gasteiger partial charge in [0.25, 0.3) is 5.91 Å². The number of para-hydroxylation sites is 1. The molecule has 25 heavy (non-hydrogen) atoms. The molecule has 138 valence electrons. The Hall–Kier alpha value is -1.80. The zero-order valence-electron chi connectivity index (χ0n) is 14.7. The summed E-state index contributed by atoms with van der Waals surface area (Å²) >= 11 is 0. The van der Waals surface area contributed by atoms with E-state index in [1.165, 1.54) is 20.5 Å². The van der Waals surface area contributed by atoms with Crippen LogP contribution in [0.5, 0.6) is 11.5 Å². The minimum Gasteiger partial charge on any atom is -0.493 e. The van der Waals surface area contributed by atoms with Crippen molar-refractivity contribution in [3.8, 4) is 11.5 Å². The predicted molar refractivity (Wildman–Crippen MR) is 93.5 cm³/mol. The molecule has 0 radical (unpaired) electrons. The Labute approximate surface area is 148 Å². The standard InChI is InChI=1S/C17H24N2O5S/c1-23-15-6-4-5-14(16(15)24-2)17(20)18-11-9-12-7-8-13(10-11)19(12)25(3,21)22/h4-6,11-13H,7-10H2,1-3H3,(H,18,20). The molecule has 2 bridgehead atoms. The van der Waals surface area contributed by atoms with Crippen molar-refractivity contribution in [3.63, 3.8) is 0 Å². The summed E-state index contributed by atoms with van der Waals surface area (Å²) in [5, 5.41) is 3.04. The molecule has 3 rings (SSSR count). The van der Waals surface area contributed by atoms with Gasteiger partial charge in [0.2, 0.25) is 10.0 Å². The molecule has 0 spiro atoms. The average Bonchev–Trinajstić information content (AvgIpc) is 2.86. The van der Waals surface area contributed by atoms with Gasteiger partial charge in [0.1, 0.15) is 0 Å². The van der Waals surface area contributed by atoms with Crippen LogP contribution in [0.25, 0.3) is 0 Å². The van der Waals surface area contributed by atoms with Gasteiger partial charge in [-0.3, -0.25) is 4.79 Å². The van der Waals surface area contributed by atoms with E-state index in [0.717, 1.165) is 12.8 Å². The number of ether oxygens (including phenoxy) is 2. The zero-order chi connectivity index (χ0) is 18.2. The Bertz CT molecular complexity index is 750. The number of amides is 1. The molecule has 2 aliphatic rings. The molecule has 0 aliphatic carbocycles. The number of hydrogen-bond acceptors (Lipinski definition) is 5. The topological polar surface area (TPSA) is 84.9 Å². The number of sulfonamides is 1. The number of carbonyl (C=O) groups excluding carboxylic acids is 1. The number of carbonyl (C=O) groups is 1. The second kappa shape index (κ2) is 6.84. The SMILES string of the molecule is COc1cccc(C(=O)NC2CC3CCC(C2)N3S(C)(=O)=O)c1OC. The monoisotopic (exact) mass is 368 g/mol. The number of hydrogen-bond donors (Lipinski definition) is 1. The lowest BCUT2D eigenvalue weighted by Crippen LogP contribution is -2.52. The van der Waals surface area contributed by atoms with Crippen LogP contribution in [0.4, 0.5) is 0 Å². The summed E-state index contributed by atoms with van der Waals surface area (Å²) < 4.78 is 36.1. The van der Waals surface area contributed by atoms with E-state index in [1.807, 2.05) is 0 Å². The van der Waals surface area contributed by atoms with Gasteiger partial charge in [-0.05, 0) is 37.8 Å². The van der Waals surface area contributed by atoms with Gasteiger partial charge in [0.15, 0.2) is 11.5 Å². The first-order chi connectivity index (χ1) is 11.8. The maximum atomic E-state index is 12.7. The Morgan fingerprint density at radius 3 is 2.32 bits per heavy atom. The second-order valence-corrected chi connectivity index (χ2v) is 8.55. The summed E-state index contributed by atoms with van der Waals surface area (Å²) in [7, 11) is -0.176. The predicted octanol–water partition coefficient (Wildman–Crippen LogP) is 1.39. The summed E-state index contributed by atoms with van der Waals surface area (Å²) in [4.78, 5) is 12.7. The van der Waals surface area contributed by atoms with Crippen molar-refractivity contribution in [3.05, 3.63) is 23.8 Å². The van der Waals surface area contributed by atoms with Crippen LogP contribution >= 0.6 is 0 Å².